The molecule has 1 saturated heterocycles. The van der Waals surface area contributed by atoms with Gasteiger partial charge in [0.15, 0.2) is 0 Å². The molecule has 0 saturated carbocycles. The number of oxime groups is 1. The average Bonchev–Trinajstić information content (AvgIpc) is 2.53. The molecule has 5 heteroatoms. The van der Waals surface area contributed by atoms with Crippen LogP contribution >= 0.6 is 0 Å². The number of amidine groups is 1. The number of hydrogen-bond acceptors (Lipinski definition) is 3. The molecule has 2 rings (SSSR count). The van der Waals surface area contributed by atoms with Gasteiger partial charge in [0, 0.05) is 25.4 Å². The van der Waals surface area contributed by atoms with Gasteiger partial charge < -0.3 is 15.8 Å². The van der Waals surface area contributed by atoms with Crippen molar-refractivity contribution >= 4 is 11.7 Å². The second-order valence-corrected chi connectivity index (χ2v) is 5.17. The van der Waals surface area contributed by atoms with Crippen molar-refractivity contribution in [3.8, 4) is 0 Å². The second kappa shape index (κ2) is 6.93. The molecule has 1 aromatic carbocycles. The van der Waals surface area contributed by atoms with Crippen LogP contribution in [-0.4, -0.2) is 34.9 Å². The quantitative estimate of drug-likeness (QED) is 0.379. The van der Waals surface area contributed by atoms with E-state index in [1.54, 1.807) is 0 Å². The van der Waals surface area contributed by atoms with Gasteiger partial charge in [-0.3, -0.25) is 4.79 Å². The normalized spacial score (nSPS) is 17.2. The topological polar surface area (TPSA) is 78.9 Å². The van der Waals surface area contributed by atoms with Crippen LogP contribution in [0, 0.1) is 5.92 Å². The third kappa shape index (κ3) is 3.73. The predicted molar refractivity (Wildman–Crippen MR) is 77.5 cm³/mol. The fourth-order valence-electron chi connectivity index (χ4n) is 2.56. The highest BCUT2D eigenvalue weighted by molar-refractivity contribution is 5.83. The number of rotatable bonds is 4. The van der Waals surface area contributed by atoms with Crippen molar-refractivity contribution in [1.29, 1.82) is 0 Å². The Labute approximate surface area is 119 Å². The van der Waals surface area contributed by atoms with Crippen LogP contribution in [0.5, 0.6) is 0 Å². The Bertz CT molecular complexity index is 465. The molecule has 0 aliphatic carbocycles. The van der Waals surface area contributed by atoms with E-state index in [4.69, 9.17) is 10.9 Å². The van der Waals surface area contributed by atoms with Crippen molar-refractivity contribution in [1.82, 2.24) is 4.90 Å². The maximum Gasteiger partial charge on any atom is 0.222 e. The SMILES string of the molecule is NC(=NO)C1CCN(C(=O)CCc2ccccc2)CC1. The molecule has 0 aromatic heterocycles. The van der Waals surface area contributed by atoms with Crippen LogP contribution in [0.1, 0.15) is 24.8 Å². The van der Waals surface area contributed by atoms with Crippen LogP contribution < -0.4 is 5.73 Å². The summed E-state index contributed by atoms with van der Waals surface area (Å²) in [5, 5.41) is 11.7. The van der Waals surface area contributed by atoms with Gasteiger partial charge in [-0.05, 0) is 24.8 Å². The van der Waals surface area contributed by atoms with E-state index in [0.717, 1.165) is 19.3 Å². The molecule has 1 fully saturated rings. The highest BCUT2D eigenvalue weighted by Crippen LogP contribution is 2.18. The number of nitrogens with two attached hydrogens (primary N) is 1. The van der Waals surface area contributed by atoms with Crippen molar-refractivity contribution in [3.05, 3.63) is 35.9 Å². The number of piperidine rings is 1. The molecule has 0 unspecified atom stereocenters. The molecule has 20 heavy (non-hydrogen) atoms. The van der Waals surface area contributed by atoms with Crippen molar-refractivity contribution < 1.29 is 10.0 Å². The Morgan fingerprint density at radius 2 is 1.95 bits per heavy atom. The van der Waals surface area contributed by atoms with Gasteiger partial charge in [0.25, 0.3) is 0 Å². The molecule has 5 nitrogen and oxygen atoms in total. The number of nitrogens with zero attached hydrogens (tertiary/aromatic N) is 2. The highest BCUT2D eigenvalue weighted by Gasteiger charge is 2.24. The Morgan fingerprint density at radius 1 is 1.30 bits per heavy atom. The van der Waals surface area contributed by atoms with Crippen LogP contribution in [-0.2, 0) is 11.2 Å². The summed E-state index contributed by atoms with van der Waals surface area (Å²) in [6.07, 6.45) is 2.86. The molecule has 1 amide bonds. The number of carbonyl (C=O) groups is 1. The fourth-order valence-corrected chi connectivity index (χ4v) is 2.56. The number of amides is 1. The molecular formula is C15H21N3O2. The van der Waals surface area contributed by atoms with Gasteiger partial charge in [0.1, 0.15) is 5.84 Å². The molecule has 0 atom stereocenters. The standard InChI is InChI=1S/C15H21N3O2/c16-15(17-20)13-8-10-18(11-9-13)14(19)7-6-12-4-2-1-3-5-12/h1-5,13,20H,6-11H2,(H2,16,17). The molecular weight excluding hydrogens is 254 g/mol. The lowest BCUT2D eigenvalue weighted by Gasteiger charge is -2.31. The molecule has 0 spiro atoms. The van der Waals surface area contributed by atoms with Crippen molar-refractivity contribution in [2.45, 2.75) is 25.7 Å². The number of likely N-dealkylation sites (tertiary alicyclic amines) is 1. The Balaban J connectivity index is 1.77. The lowest BCUT2D eigenvalue weighted by Crippen LogP contribution is -2.41. The summed E-state index contributed by atoms with van der Waals surface area (Å²) >= 11 is 0. The first kappa shape index (κ1) is 14.4. The Morgan fingerprint density at radius 3 is 2.55 bits per heavy atom. The lowest BCUT2D eigenvalue weighted by molar-refractivity contribution is -0.132. The molecule has 1 aliphatic heterocycles. The first-order valence-corrected chi connectivity index (χ1v) is 7.00. The number of benzene rings is 1. The number of carbonyl (C=O) groups excluding carboxylic acids is 1. The van der Waals surface area contributed by atoms with E-state index in [-0.39, 0.29) is 17.7 Å². The smallest absolute Gasteiger partial charge is 0.222 e. The van der Waals surface area contributed by atoms with Gasteiger partial charge in [-0.15, -0.1) is 0 Å². The van der Waals surface area contributed by atoms with E-state index in [2.05, 4.69) is 5.16 Å². The maximum atomic E-state index is 12.1. The molecule has 3 N–H and O–H groups in total. The van der Waals surface area contributed by atoms with Gasteiger partial charge in [0.2, 0.25) is 5.91 Å². The summed E-state index contributed by atoms with van der Waals surface area (Å²) in [4.78, 5) is 14.0. The van der Waals surface area contributed by atoms with Crippen LogP contribution in [0.4, 0.5) is 0 Å². The molecule has 1 aromatic rings. The second-order valence-electron chi connectivity index (χ2n) is 5.17. The minimum Gasteiger partial charge on any atom is -0.409 e. The van der Waals surface area contributed by atoms with Gasteiger partial charge in [0.05, 0.1) is 0 Å². The molecule has 1 aliphatic rings. The van der Waals surface area contributed by atoms with Gasteiger partial charge in [-0.2, -0.15) is 0 Å². The van der Waals surface area contributed by atoms with Gasteiger partial charge >= 0.3 is 0 Å². The summed E-state index contributed by atoms with van der Waals surface area (Å²) in [5.74, 6) is 0.561. The molecule has 1 heterocycles. The van der Waals surface area contributed by atoms with E-state index in [1.165, 1.54) is 5.56 Å². The summed E-state index contributed by atoms with van der Waals surface area (Å²) in [7, 11) is 0. The zero-order chi connectivity index (χ0) is 14.4. The maximum absolute atomic E-state index is 12.1. The summed E-state index contributed by atoms with van der Waals surface area (Å²) in [6.45, 7) is 1.38. The van der Waals surface area contributed by atoms with E-state index in [0.29, 0.717) is 19.5 Å². The largest absolute Gasteiger partial charge is 0.409 e. The van der Waals surface area contributed by atoms with Crippen LogP contribution in [0.15, 0.2) is 35.5 Å². The monoisotopic (exact) mass is 275 g/mol. The lowest BCUT2D eigenvalue weighted by atomic mass is 9.95. The Kier molecular flexibility index (Phi) is 4.98. The first-order chi connectivity index (χ1) is 9.70. The average molecular weight is 275 g/mol. The number of aryl methyl sites for hydroxylation is 1. The van der Waals surface area contributed by atoms with Gasteiger partial charge in [-0.25, -0.2) is 0 Å². The predicted octanol–water partition coefficient (Wildman–Crippen LogP) is 1.60. The minimum absolute atomic E-state index is 0.0955. The third-order valence-corrected chi connectivity index (χ3v) is 3.85. The zero-order valence-corrected chi connectivity index (χ0v) is 11.5. The highest BCUT2D eigenvalue weighted by atomic mass is 16.4. The third-order valence-electron chi connectivity index (χ3n) is 3.85. The molecule has 108 valence electrons. The van der Waals surface area contributed by atoms with Crippen molar-refractivity contribution in [3.63, 3.8) is 0 Å². The zero-order valence-electron chi connectivity index (χ0n) is 11.5. The van der Waals surface area contributed by atoms with E-state index < -0.39 is 0 Å². The van der Waals surface area contributed by atoms with Crippen molar-refractivity contribution in [2.24, 2.45) is 16.8 Å². The van der Waals surface area contributed by atoms with Crippen LogP contribution in [0.2, 0.25) is 0 Å². The minimum atomic E-state index is 0.0955. The molecule has 0 bridgehead atoms. The molecule has 0 radical (unpaired) electrons. The van der Waals surface area contributed by atoms with Gasteiger partial charge in [-0.1, -0.05) is 35.5 Å². The van der Waals surface area contributed by atoms with Crippen LogP contribution in [0.25, 0.3) is 0 Å². The van der Waals surface area contributed by atoms with E-state index in [1.807, 2.05) is 35.2 Å². The summed E-state index contributed by atoms with van der Waals surface area (Å²) in [6, 6.07) is 10.0. The van der Waals surface area contributed by atoms with E-state index >= 15 is 0 Å². The summed E-state index contributed by atoms with van der Waals surface area (Å²) in [5.41, 5.74) is 6.79. The summed E-state index contributed by atoms with van der Waals surface area (Å²) < 4.78 is 0. The fraction of sp³-hybridized carbons (Fsp3) is 0.467. The van der Waals surface area contributed by atoms with E-state index in [9.17, 15) is 4.79 Å². The number of hydrogen-bond donors (Lipinski definition) is 2. The first-order valence-electron chi connectivity index (χ1n) is 7.00. The van der Waals surface area contributed by atoms with Crippen molar-refractivity contribution in [2.75, 3.05) is 13.1 Å². The Hall–Kier alpha value is -2.04. The van der Waals surface area contributed by atoms with Crippen LogP contribution in [0.3, 0.4) is 0 Å².